The molecule has 0 aromatic rings. The van der Waals surface area contributed by atoms with Crippen molar-refractivity contribution in [2.75, 3.05) is 12.3 Å². The zero-order valence-electron chi connectivity index (χ0n) is 28.9. The lowest BCUT2D eigenvalue weighted by molar-refractivity contribution is -0.129. The average Bonchev–Trinajstić information content (AvgIpc) is 3.00. The molecule has 0 rings (SSSR count). The van der Waals surface area contributed by atoms with Gasteiger partial charge in [-0.15, -0.1) is 0 Å². The maximum Gasteiger partial charge on any atom is 0.242 e. The van der Waals surface area contributed by atoms with Gasteiger partial charge in [0.1, 0.15) is 6.04 Å². The lowest BCUT2D eigenvalue weighted by Crippen LogP contribution is -2.47. The molecular formula is C38H74N2O2S. The number of carbonyl (C=O) groups is 2. The van der Waals surface area contributed by atoms with Crippen LogP contribution in [-0.4, -0.2) is 30.2 Å². The first-order valence-corrected chi connectivity index (χ1v) is 19.6. The van der Waals surface area contributed by atoms with Crippen LogP contribution in [0.3, 0.4) is 0 Å². The van der Waals surface area contributed by atoms with E-state index in [0.717, 1.165) is 25.7 Å². The maximum atomic E-state index is 12.7. The number of unbranched alkanes of at least 4 members (excludes halogenated alkanes) is 24. The van der Waals surface area contributed by atoms with E-state index in [4.69, 9.17) is 0 Å². The van der Waals surface area contributed by atoms with Gasteiger partial charge in [0.2, 0.25) is 11.8 Å². The predicted octanol–water partition coefficient (Wildman–Crippen LogP) is 11.4. The zero-order valence-corrected chi connectivity index (χ0v) is 29.8. The van der Waals surface area contributed by atoms with Crippen molar-refractivity contribution in [3.63, 3.8) is 0 Å². The van der Waals surface area contributed by atoms with Crippen molar-refractivity contribution in [1.29, 1.82) is 0 Å². The fraction of sp³-hybridized carbons (Fsp3) is 0.895. The van der Waals surface area contributed by atoms with E-state index in [2.05, 4.69) is 49.3 Å². The Morgan fingerprint density at radius 3 is 1.40 bits per heavy atom. The molecule has 0 saturated carbocycles. The first-order chi connectivity index (χ1) is 21.2. The molecule has 0 heterocycles. The van der Waals surface area contributed by atoms with Gasteiger partial charge in [-0.2, -0.15) is 12.6 Å². The molecule has 5 heteroatoms. The molecule has 1 unspecified atom stereocenters. The van der Waals surface area contributed by atoms with Crippen LogP contribution in [0.1, 0.15) is 200 Å². The molecule has 43 heavy (non-hydrogen) atoms. The van der Waals surface area contributed by atoms with E-state index in [1.807, 2.05) is 0 Å². The lowest BCUT2D eigenvalue weighted by Gasteiger charge is -2.18. The van der Waals surface area contributed by atoms with E-state index in [9.17, 15) is 9.59 Å². The number of rotatable bonds is 34. The highest BCUT2D eigenvalue weighted by Gasteiger charge is 2.19. The zero-order chi connectivity index (χ0) is 31.5. The number of carbonyl (C=O) groups excluding carboxylic acids is 2. The van der Waals surface area contributed by atoms with Gasteiger partial charge in [-0.1, -0.05) is 161 Å². The Balaban J connectivity index is 3.67. The number of hydrogen-bond acceptors (Lipinski definition) is 3. The number of allylic oxidation sites excluding steroid dienone is 2. The van der Waals surface area contributed by atoms with Crippen molar-refractivity contribution in [2.45, 2.75) is 206 Å². The lowest BCUT2D eigenvalue weighted by atomic mass is 10.0. The van der Waals surface area contributed by atoms with Crippen molar-refractivity contribution < 1.29 is 9.59 Å². The molecule has 0 aromatic carbocycles. The highest BCUT2D eigenvalue weighted by atomic mass is 32.1. The topological polar surface area (TPSA) is 58.2 Å². The van der Waals surface area contributed by atoms with Crippen LogP contribution in [-0.2, 0) is 9.59 Å². The van der Waals surface area contributed by atoms with E-state index in [-0.39, 0.29) is 11.8 Å². The number of hydrogen-bond donors (Lipinski definition) is 3. The Kier molecular flexibility index (Phi) is 34.7. The van der Waals surface area contributed by atoms with Crippen molar-refractivity contribution in [2.24, 2.45) is 0 Å². The summed E-state index contributed by atoms with van der Waals surface area (Å²) in [6.07, 6.45) is 40.7. The van der Waals surface area contributed by atoms with Gasteiger partial charge in [-0.25, -0.2) is 0 Å². The second-order valence-electron chi connectivity index (χ2n) is 12.9. The fourth-order valence-electron chi connectivity index (χ4n) is 5.68. The molecule has 0 radical (unpaired) electrons. The molecule has 2 amide bonds. The minimum Gasteiger partial charge on any atom is -0.354 e. The third-order valence-electron chi connectivity index (χ3n) is 8.56. The van der Waals surface area contributed by atoms with Gasteiger partial charge >= 0.3 is 0 Å². The van der Waals surface area contributed by atoms with E-state index in [1.165, 1.54) is 148 Å². The molecule has 2 N–H and O–H groups in total. The second kappa shape index (κ2) is 35.5. The normalized spacial score (nSPS) is 12.2. The van der Waals surface area contributed by atoms with Crippen LogP contribution < -0.4 is 10.6 Å². The minimum absolute atomic E-state index is 0.00365. The quantitative estimate of drug-likeness (QED) is 0.0380. The summed E-state index contributed by atoms with van der Waals surface area (Å²) < 4.78 is 0. The van der Waals surface area contributed by atoms with Crippen LogP contribution in [0, 0.1) is 0 Å². The second-order valence-corrected chi connectivity index (χ2v) is 13.3. The molecule has 1 atom stereocenters. The SMILES string of the molecule is CCCCCCCCC=CCCCCCCCC(=O)NC(CCS)C(=O)NCCCCCCCCCCCCCCCC. The fourth-order valence-corrected chi connectivity index (χ4v) is 5.93. The van der Waals surface area contributed by atoms with Gasteiger partial charge in [-0.05, 0) is 50.7 Å². The van der Waals surface area contributed by atoms with E-state index < -0.39 is 6.04 Å². The summed E-state index contributed by atoms with van der Waals surface area (Å²) >= 11 is 4.31. The summed E-state index contributed by atoms with van der Waals surface area (Å²) in [7, 11) is 0. The molecule has 0 spiro atoms. The molecule has 0 saturated heterocycles. The predicted molar refractivity (Wildman–Crippen MR) is 193 cm³/mol. The highest BCUT2D eigenvalue weighted by Crippen LogP contribution is 2.13. The Morgan fingerprint density at radius 2 is 0.953 bits per heavy atom. The van der Waals surface area contributed by atoms with Crippen LogP contribution in [0.2, 0.25) is 0 Å². The summed E-state index contributed by atoms with van der Waals surface area (Å²) in [4.78, 5) is 25.1. The van der Waals surface area contributed by atoms with Crippen molar-refractivity contribution in [3.05, 3.63) is 12.2 Å². The monoisotopic (exact) mass is 623 g/mol. The molecule has 254 valence electrons. The van der Waals surface area contributed by atoms with Crippen molar-refractivity contribution in [3.8, 4) is 0 Å². The van der Waals surface area contributed by atoms with Crippen molar-refractivity contribution in [1.82, 2.24) is 10.6 Å². The Bertz CT molecular complexity index is 625. The first-order valence-electron chi connectivity index (χ1n) is 19.0. The van der Waals surface area contributed by atoms with Gasteiger partial charge < -0.3 is 10.6 Å². The number of thiol groups is 1. The smallest absolute Gasteiger partial charge is 0.242 e. The number of amides is 2. The number of nitrogens with one attached hydrogen (secondary N) is 2. The average molecular weight is 623 g/mol. The van der Waals surface area contributed by atoms with Gasteiger partial charge in [-0.3, -0.25) is 9.59 Å². The molecule has 0 aromatic heterocycles. The summed E-state index contributed by atoms with van der Waals surface area (Å²) in [5.41, 5.74) is 0. The summed E-state index contributed by atoms with van der Waals surface area (Å²) in [5, 5.41) is 6.01. The molecule has 0 fully saturated rings. The van der Waals surface area contributed by atoms with Crippen LogP contribution in [0.15, 0.2) is 12.2 Å². The molecule has 0 aliphatic heterocycles. The summed E-state index contributed by atoms with van der Waals surface area (Å²) in [6.45, 7) is 5.24. The van der Waals surface area contributed by atoms with E-state index >= 15 is 0 Å². The standard InChI is InChI=1S/C38H74N2O2S/c1-3-5-7-9-11-13-15-17-19-20-22-24-26-28-30-32-37(41)40-36(33-35-43)38(42)39-34-31-29-27-25-23-21-18-16-14-12-10-8-6-4-2/h17,19,36,43H,3-16,18,20-35H2,1-2H3,(H,39,42)(H,40,41). The molecule has 0 aliphatic rings. The Morgan fingerprint density at radius 1 is 0.558 bits per heavy atom. The van der Waals surface area contributed by atoms with Crippen LogP contribution in [0.25, 0.3) is 0 Å². The van der Waals surface area contributed by atoms with Gasteiger partial charge in [0.25, 0.3) is 0 Å². The Hall–Kier alpha value is -0.970. The van der Waals surface area contributed by atoms with Crippen LogP contribution >= 0.6 is 12.6 Å². The molecule has 4 nitrogen and oxygen atoms in total. The third-order valence-corrected chi connectivity index (χ3v) is 8.82. The van der Waals surface area contributed by atoms with Crippen molar-refractivity contribution >= 4 is 24.4 Å². The highest BCUT2D eigenvalue weighted by molar-refractivity contribution is 7.80. The van der Waals surface area contributed by atoms with Gasteiger partial charge in [0.15, 0.2) is 0 Å². The third kappa shape index (κ3) is 32.2. The molecule has 0 aliphatic carbocycles. The first kappa shape index (κ1) is 42.0. The Labute approximate surface area is 274 Å². The molecular weight excluding hydrogens is 548 g/mol. The van der Waals surface area contributed by atoms with Gasteiger partial charge in [0.05, 0.1) is 0 Å². The van der Waals surface area contributed by atoms with Crippen LogP contribution in [0.5, 0.6) is 0 Å². The summed E-state index contributed by atoms with van der Waals surface area (Å²) in [5.74, 6) is 0.530. The summed E-state index contributed by atoms with van der Waals surface area (Å²) in [6, 6.07) is -0.459. The minimum atomic E-state index is -0.459. The van der Waals surface area contributed by atoms with E-state index in [0.29, 0.717) is 25.1 Å². The molecule has 0 bridgehead atoms. The van der Waals surface area contributed by atoms with E-state index in [1.54, 1.807) is 0 Å². The largest absolute Gasteiger partial charge is 0.354 e. The van der Waals surface area contributed by atoms with Crippen LogP contribution in [0.4, 0.5) is 0 Å². The maximum absolute atomic E-state index is 12.7. The van der Waals surface area contributed by atoms with Gasteiger partial charge in [0, 0.05) is 13.0 Å².